The highest BCUT2D eigenvalue weighted by molar-refractivity contribution is 7.93. The fraction of sp³-hybridized carbons (Fsp3) is 0.909. The summed E-state index contributed by atoms with van der Waals surface area (Å²) in [5.74, 6) is -1.22. The summed E-state index contributed by atoms with van der Waals surface area (Å²) in [4.78, 5) is 11.0. The Morgan fingerprint density at radius 3 is 2.24 bits per heavy atom. The number of carboxylic acid groups (broad SMARTS) is 1. The van der Waals surface area contributed by atoms with Gasteiger partial charge in [-0.1, -0.05) is 13.8 Å². The van der Waals surface area contributed by atoms with Crippen LogP contribution in [0.25, 0.3) is 0 Å². The van der Waals surface area contributed by atoms with Crippen LogP contribution in [-0.2, 0) is 14.6 Å². The van der Waals surface area contributed by atoms with E-state index in [9.17, 15) is 13.2 Å². The molecule has 0 radical (unpaired) electrons. The summed E-state index contributed by atoms with van der Waals surface area (Å²) in [5, 5.41) is 9.00. The van der Waals surface area contributed by atoms with Gasteiger partial charge in [0, 0.05) is 0 Å². The fourth-order valence-electron chi connectivity index (χ4n) is 2.90. The zero-order valence-electron chi connectivity index (χ0n) is 10.7. The molecule has 0 amide bonds. The van der Waals surface area contributed by atoms with Crippen LogP contribution in [0.3, 0.4) is 0 Å². The van der Waals surface area contributed by atoms with Crippen molar-refractivity contribution in [3.63, 3.8) is 0 Å². The molecule has 1 aliphatic heterocycles. The molecule has 1 heterocycles. The molecule has 17 heavy (non-hydrogen) atoms. The van der Waals surface area contributed by atoms with Gasteiger partial charge in [0.25, 0.3) is 0 Å². The van der Waals surface area contributed by atoms with Crippen molar-refractivity contribution in [2.24, 2.45) is 17.1 Å². The van der Waals surface area contributed by atoms with Crippen molar-refractivity contribution < 1.29 is 18.3 Å². The van der Waals surface area contributed by atoms with E-state index in [0.717, 1.165) is 0 Å². The van der Waals surface area contributed by atoms with E-state index >= 15 is 0 Å². The van der Waals surface area contributed by atoms with Gasteiger partial charge in [-0.15, -0.1) is 0 Å². The molecule has 2 unspecified atom stereocenters. The van der Waals surface area contributed by atoms with E-state index in [-0.39, 0.29) is 11.7 Å². The van der Waals surface area contributed by atoms with Crippen LogP contribution in [0.1, 0.15) is 34.1 Å². The zero-order chi connectivity index (χ0) is 13.6. The second-order valence-corrected chi connectivity index (χ2v) is 8.59. The zero-order valence-corrected chi connectivity index (χ0v) is 11.5. The molecular formula is C11H21NO4S. The molecule has 0 saturated carbocycles. The highest BCUT2D eigenvalue weighted by Gasteiger charge is 2.55. The van der Waals surface area contributed by atoms with Crippen molar-refractivity contribution in [2.75, 3.05) is 5.75 Å². The van der Waals surface area contributed by atoms with Gasteiger partial charge in [0.2, 0.25) is 0 Å². The van der Waals surface area contributed by atoms with Gasteiger partial charge >= 0.3 is 5.97 Å². The smallest absolute Gasteiger partial charge is 0.321 e. The number of hydrogen-bond donors (Lipinski definition) is 2. The van der Waals surface area contributed by atoms with Crippen molar-refractivity contribution in [3.8, 4) is 0 Å². The van der Waals surface area contributed by atoms with E-state index < -0.39 is 32.0 Å². The maximum Gasteiger partial charge on any atom is 0.321 e. The van der Waals surface area contributed by atoms with Gasteiger partial charge in [-0.05, 0) is 31.6 Å². The predicted molar refractivity (Wildman–Crippen MR) is 65.4 cm³/mol. The summed E-state index contributed by atoms with van der Waals surface area (Å²) in [6, 6.07) is -1.06. The summed E-state index contributed by atoms with van der Waals surface area (Å²) in [5.41, 5.74) is 4.94. The van der Waals surface area contributed by atoms with Crippen molar-refractivity contribution in [2.45, 2.75) is 44.9 Å². The van der Waals surface area contributed by atoms with Gasteiger partial charge in [-0.2, -0.15) is 0 Å². The maximum atomic E-state index is 11.9. The third-order valence-electron chi connectivity index (χ3n) is 4.28. The first-order valence-electron chi connectivity index (χ1n) is 5.65. The van der Waals surface area contributed by atoms with Crippen molar-refractivity contribution in [3.05, 3.63) is 0 Å². The molecule has 0 aromatic carbocycles. The number of carboxylic acids is 1. The average molecular weight is 263 g/mol. The third kappa shape index (κ3) is 2.08. The number of aliphatic carboxylic acids is 1. The summed E-state index contributed by atoms with van der Waals surface area (Å²) in [6.07, 6.45) is 0.476. The van der Waals surface area contributed by atoms with E-state index in [2.05, 4.69) is 0 Å². The number of carbonyl (C=O) groups is 1. The lowest BCUT2D eigenvalue weighted by atomic mass is 9.67. The van der Waals surface area contributed by atoms with Gasteiger partial charge < -0.3 is 10.8 Å². The minimum Gasteiger partial charge on any atom is -0.480 e. The van der Waals surface area contributed by atoms with Gasteiger partial charge in [0.05, 0.1) is 10.5 Å². The van der Waals surface area contributed by atoms with Crippen LogP contribution in [0, 0.1) is 11.3 Å². The number of sulfone groups is 1. The lowest BCUT2D eigenvalue weighted by Gasteiger charge is -2.41. The van der Waals surface area contributed by atoms with Crippen molar-refractivity contribution in [1.82, 2.24) is 0 Å². The molecule has 0 aromatic rings. The normalized spacial score (nSPS) is 28.9. The van der Waals surface area contributed by atoms with Crippen LogP contribution in [0.4, 0.5) is 0 Å². The lowest BCUT2D eigenvalue weighted by Crippen LogP contribution is -2.53. The topological polar surface area (TPSA) is 97.5 Å². The Kier molecular flexibility index (Phi) is 3.35. The third-order valence-corrected chi connectivity index (χ3v) is 6.94. The van der Waals surface area contributed by atoms with E-state index in [1.807, 2.05) is 0 Å². The largest absolute Gasteiger partial charge is 0.480 e. The minimum absolute atomic E-state index is 0.112. The van der Waals surface area contributed by atoms with E-state index in [1.54, 1.807) is 27.7 Å². The maximum absolute atomic E-state index is 11.9. The quantitative estimate of drug-likeness (QED) is 0.778. The Bertz CT molecular complexity index is 425. The van der Waals surface area contributed by atoms with Crippen LogP contribution in [0.15, 0.2) is 0 Å². The standard InChI is InChI=1S/C11H21NO4S/c1-10(2,8(12)9(13)14)7-5-6-17(15,16)11(7,3)4/h7-8H,5-6,12H2,1-4H3,(H,13,14). The minimum atomic E-state index is -3.16. The molecule has 5 nitrogen and oxygen atoms in total. The van der Waals surface area contributed by atoms with Gasteiger partial charge in [0.15, 0.2) is 9.84 Å². The monoisotopic (exact) mass is 263 g/mol. The molecule has 1 fully saturated rings. The van der Waals surface area contributed by atoms with Crippen molar-refractivity contribution >= 4 is 15.8 Å². The molecule has 2 atom stereocenters. The molecule has 0 aromatic heterocycles. The van der Waals surface area contributed by atoms with Gasteiger partial charge in [0.1, 0.15) is 6.04 Å². The molecule has 1 rings (SSSR count). The van der Waals surface area contributed by atoms with Crippen molar-refractivity contribution in [1.29, 1.82) is 0 Å². The van der Waals surface area contributed by atoms with E-state index in [0.29, 0.717) is 6.42 Å². The summed E-state index contributed by atoms with van der Waals surface area (Å²) in [6.45, 7) is 6.80. The number of rotatable bonds is 3. The van der Waals surface area contributed by atoms with Crippen LogP contribution >= 0.6 is 0 Å². The first kappa shape index (κ1) is 14.4. The first-order chi connectivity index (χ1) is 7.44. The average Bonchev–Trinajstić information content (AvgIpc) is 2.35. The van der Waals surface area contributed by atoms with Crippen LogP contribution < -0.4 is 5.73 Å². The van der Waals surface area contributed by atoms with Crippen LogP contribution in [-0.4, -0.2) is 36.0 Å². The summed E-state index contributed by atoms with van der Waals surface area (Å²) in [7, 11) is -3.16. The Labute approximate surface area is 102 Å². The summed E-state index contributed by atoms with van der Waals surface area (Å²) >= 11 is 0. The first-order valence-corrected chi connectivity index (χ1v) is 7.30. The summed E-state index contributed by atoms with van der Waals surface area (Å²) < 4.78 is 23.0. The Morgan fingerprint density at radius 2 is 1.94 bits per heavy atom. The van der Waals surface area contributed by atoms with E-state index in [4.69, 9.17) is 10.8 Å². The molecule has 0 aliphatic carbocycles. The molecule has 100 valence electrons. The van der Waals surface area contributed by atoms with Gasteiger partial charge in [-0.3, -0.25) is 4.79 Å². The highest BCUT2D eigenvalue weighted by Crippen LogP contribution is 2.48. The fourth-order valence-corrected chi connectivity index (χ4v) is 4.83. The molecule has 0 bridgehead atoms. The Hall–Kier alpha value is -0.620. The second-order valence-electron chi connectivity index (χ2n) is 5.90. The van der Waals surface area contributed by atoms with E-state index in [1.165, 1.54) is 0 Å². The predicted octanol–water partition coefficient (Wildman–Crippen LogP) is 0.638. The molecule has 1 aliphatic rings. The lowest BCUT2D eigenvalue weighted by molar-refractivity contribution is -0.142. The molecule has 1 saturated heterocycles. The molecule has 0 spiro atoms. The second kappa shape index (κ2) is 3.95. The SMILES string of the molecule is CC(C)(C(N)C(=O)O)C1CCS(=O)(=O)C1(C)C. The Balaban J connectivity index is 3.15. The molecule has 6 heteroatoms. The number of hydrogen-bond acceptors (Lipinski definition) is 4. The highest BCUT2D eigenvalue weighted by atomic mass is 32.2. The van der Waals surface area contributed by atoms with Gasteiger partial charge in [-0.25, -0.2) is 8.42 Å². The number of nitrogens with two attached hydrogens (primary N) is 1. The van der Waals surface area contributed by atoms with Crippen LogP contribution in [0.5, 0.6) is 0 Å². The van der Waals surface area contributed by atoms with Crippen LogP contribution in [0.2, 0.25) is 0 Å². The molecular weight excluding hydrogens is 242 g/mol. The molecule has 3 N–H and O–H groups in total. The Morgan fingerprint density at radius 1 is 1.47 bits per heavy atom.